The number of halogens is 1. The molecule has 4 rings (SSSR count). The summed E-state index contributed by atoms with van der Waals surface area (Å²) < 4.78 is 0. The average molecular weight is 519 g/mol. The van der Waals surface area contributed by atoms with Gasteiger partial charge in [-0.05, 0) is 45.4 Å². The summed E-state index contributed by atoms with van der Waals surface area (Å²) in [6.45, 7) is 8.63. The average Bonchev–Trinajstić information content (AvgIpc) is 3.17. The molecule has 3 aliphatic rings. The minimum atomic E-state index is 0. The molecule has 0 amide bonds. The van der Waals surface area contributed by atoms with Gasteiger partial charge in [-0.25, -0.2) is 4.98 Å². The van der Waals surface area contributed by atoms with E-state index in [1.54, 1.807) is 11.3 Å². The summed E-state index contributed by atoms with van der Waals surface area (Å²) in [7, 11) is 0. The lowest BCUT2D eigenvalue weighted by Gasteiger charge is -2.33. The zero-order valence-electron chi connectivity index (χ0n) is 17.0. The molecule has 0 bridgehead atoms. The highest BCUT2D eigenvalue weighted by molar-refractivity contribution is 14.0. The van der Waals surface area contributed by atoms with Gasteiger partial charge in [-0.3, -0.25) is 4.99 Å². The SMILES string of the molecule is CCNC(=NCCc1csc(N2CCCC2)n1)NC1CCN(C2CC2)CC1.I. The third-order valence-electron chi connectivity index (χ3n) is 5.83. The van der Waals surface area contributed by atoms with Crippen molar-refractivity contribution in [2.75, 3.05) is 44.2 Å². The number of aliphatic imine (C=N–C) groups is 1. The monoisotopic (exact) mass is 518 g/mol. The number of nitrogens with one attached hydrogen (secondary N) is 2. The van der Waals surface area contributed by atoms with Crippen LogP contribution in [0.1, 0.15) is 51.1 Å². The Morgan fingerprint density at radius 3 is 2.61 bits per heavy atom. The van der Waals surface area contributed by atoms with Crippen molar-refractivity contribution in [3.8, 4) is 0 Å². The molecule has 1 saturated carbocycles. The molecular formula is C20H35IN6S. The molecule has 2 saturated heterocycles. The zero-order chi connectivity index (χ0) is 18.5. The van der Waals surface area contributed by atoms with Crippen LogP contribution >= 0.6 is 35.3 Å². The first-order valence-corrected chi connectivity index (χ1v) is 11.7. The van der Waals surface area contributed by atoms with E-state index in [0.29, 0.717) is 6.04 Å². The second kappa shape index (κ2) is 11.0. The number of nitrogens with zero attached hydrogens (tertiary/aromatic N) is 4. The van der Waals surface area contributed by atoms with Gasteiger partial charge in [0.1, 0.15) is 0 Å². The van der Waals surface area contributed by atoms with E-state index in [-0.39, 0.29) is 24.0 Å². The van der Waals surface area contributed by atoms with E-state index >= 15 is 0 Å². The number of thiazole rings is 1. The summed E-state index contributed by atoms with van der Waals surface area (Å²) in [5.41, 5.74) is 1.18. The van der Waals surface area contributed by atoms with E-state index in [9.17, 15) is 0 Å². The van der Waals surface area contributed by atoms with Crippen molar-refractivity contribution in [3.63, 3.8) is 0 Å². The van der Waals surface area contributed by atoms with Gasteiger partial charge >= 0.3 is 0 Å². The molecule has 28 heavy (non-hydrogen) atoms. The first-order valence-electron chi connectivity index (χ1n) is 10.8. The van der Waals surface area contributed by atoms with E-state index in [1.165, 1.54) is 75.5 Å². The highest BCUT2D eigenvalue weighted by Gasteiger charge is 2.31. The molecule has 158 valence electrons. The Balaban J connectivity index is 0.00000225. The molecule has 2 N–H and O–H groups in total. The molecule has 1 aromatic heterocycles. The number of hydrogen-bond donors (Lipinski definition) is 2. The second-order valence-corrected chi connectivity index (χ2v) is 8.85. The lowest BCUT2D eigenvalue weighted by atomic mass is 10.1. The minimum absolute atomic E-state index is 0. The number of anilines is 1. The van der Waals surface area contributed by atoms with E-state index in [2.05, 4.69) is 32.7 Å². The van der Waals surface area contributed by atoms with Crippen LogP contribution in [0.5, 0.6) is 0 Å². The molecule has 0 radical (unpaired) electrons. The van der Waals surface area contributed by atoms with Crippen molar-refractivity contribution >= 4 is 46.4 Å². The minimum Gasteiger partial charge on any atom is -0.357 e. The molecule has 0 atom stereocenters. The number of hydrogen-bond acceptors (Lipinski definition) is 5. The highest BCUT2D eigenvalue weighted by Crippen LogP contribution is 2.29. The Morgan fingerprint density at radius 2 is 1.93 bits per heavy atom. The number of piperidine rings is 1. The van der Waals surface area contributed by atoms with Crippen LogP contribution in [0.25, 0.3) is 0 Å². The summed E-state index contributed by atoms with van der Waals surface area (Å²) in [6.07, 6.45) is 8.81. The smallest absolute Gasteiger partial charge is 0.191 e. The molecule has 3 fully saturated rings. The molecule has 1 aromatic rings. The molecule has 6 nitrogen and oxygen atoms in total. The first-order chi connectivity index (χ1) is 13.3. The van der Waals surface area contributed by atoms with Gasteiger partial charge in [-0.15, -0.1) is 35.3 Å². The van der Waals surface area contributed by atoms with Crippen molar-refractivity contribution < 1.29 is 0 Å². The van der Waals surface area contributed by atoms with Crippen molar-refractivity contribution in [1.82, 2.24) is 20.5 Å². The maximum Gasteiger partial charge on any atom is 0.191 e. The van der Waals surface area contributed by atoms with Crippen molar-refractivity contribution in [2.24, 2.45) is 4.99 Å². The fourth-order valence-corrected chi connectivity index (χ4v) is 5.02. The summed E-state index contributed by atoms with van der Waals surface area (Å²) >= 11 is 1.78. The molecule has 3 heterocycles. The summed E-state index contributed by atoms with van der Waals surface area (Å²) in [4.78, 5) is 14.7. The van der Waals surface area contributed by atoms with Gasteiger partial charge < -0.3 is 20.4 Å². The van der Waals surface area contributed by atoms with Gasteiger partial charge in [0.25, 0.3) is 0 Å². The van der Waals surface area contributed by atoms with Crippen LogP contribution in [0.2, 0.25) is 0 Å². The number of guanidine groups is 1. The summed E-state index contributed by atoms with van der Waals surface area (Å²) in [5.74, 6) is 0.970. The quantitative estimate of drug-likeness (QED) is 0.330. The Kier molecular flexibility index (Phi) is 8.65. The Hall–Kier alpha value is -0.610. The van der Waals surface area contributed by atoms with Gasteiger partial charge in [0.2, 0.25) is 0 Å². The standard InChI is InChI=1S/C20H34N6S.HI/c1-2-21-19(23-16-8-13-25(14-9-16)18-5-6-18)22-10-7-17-15-27-20(24-17)26-11-3-4-12-26;/h15-16,18H,2-14H2,1H3,(H2,21,22,23);1H. The molecule has 0 aromatic carbocycles. The van der Waals surface area contributed by atoms with Gasteiger partial charge in [0.15, 0.2) is 11.1 Å². The fraction of sp³-hybridized carbons (Fsp3) is 0.800. The molecular weight excluding hydrogens is 483 g/mol. The number of aromatic nitrogens is 1. The molecule has 8 heteroatoms. The van der Waals surface area contributed by atoms with Crippen LogP contribution in [0, 0.1) is 0 Å². The molecule has 0 unspecified atom stereocenters. The maximum atomic E-state index is 4.81. The second-order valence-electron chi connectivity index (χ2n) is 8.01. The largest absolute Gasteiger partial charge is 0.357 e. The molecule has 0 spiro atoms. The van der Waals surface area contributed by atoms with Gasteiger partial charge in [0.05, 0.1) is 5.69 Å². The zero-order valence-corrected chi connectivity index (χ0v) is 20.2. The summed E-state index contributed by atoms with van der Waals surface area (Å²) in [6, 6.07) is 1.45. The first kappa shape index (κ1) is 22.1. The normalized spacial score (nSPS) is 21.6. The van der Waals surface area contributed by atoms with Gasteiger partial charge in [-0.1, -0.05) is 0 Å². The topological polar surface area (TPSA) is 55.8 Å². The third-order valence-corrected chi connectivity index (χ3v) is 6.78. The van der Waals surface area contributed by atoms with Crippen LogP contribution in [-0.4, -0.2) is 67.2 Å². The predicted molar refractivity (Wildman–Crippen MR) is 129 cm³/mol. The van der Waals surface area contributed by atoms with Crippen molar-refractivity contribution in [1.29, 1.82) is 0 Å². The van der Waals surface area contributed by atoms with Crippen LogP contribution in [-0.2, 0) is 6.42 Å². The van der Waals surface area contributed by atoms with Crippen LogP contribution < -0.4 is 15.5 Å². The van der Waals surface area contributed by atoms with Crippen LogP contribution in [0.3, 0.4) is 0 Å². The molecule has 2 aliphatic heterocycles. The number of rotatable bonds is 7. The van der Waals surface area contributed by atoms with Crippen molar-refractivity contribution in [3.05, 3.63) is 11.1 Å². The van der Waals surface area contributed by atoms with Crippen LogP contribution in [0.4, 0.5) is 5.13 Å². The predicted octanol–water partition coefficient (Wildman–Crippen LogP) is 3.09. The van der Waals surface area contributed by atoms with Crippen LogP contribution in [0.15, 0.2) is 10.4 Å². The maximum absolute atomic E-state index is 4.81. The van der Waals surface area contributed by atoms with E-state index in [0.717, 1.165) is 31.5 Å². The summed E-state index contributed by atoms with van der Waals surface area (Å²) in [5, 5.41) is 10.5. The van der Waals surface area contributed by atoms with E-state index in [4.69, 9.17) is 9.98 Å². The molecule has 1 aliphatic carbocycles. The van der Waals surface area contributed by atoms with E-state index in [1.807, 2.05) is 0 Å². The highest BCUT2D eigenvalue weighted by atomic mass is 127. The Bertz CT molecular complexity index is 618. The van der Waals surface area contributed by atoms with Gasteiger partial charge in [-0.2, -0.15) is 0 Å². The lowest BCUT2D eigenvalue weighted by molar-refractivity contribution is 0.197. The lowest BCUT2D eigenvalue weighted by Crippen LogP contribution is -2.49. The third kappa shape index (κ3) is 6.19. The van der Waals surface area contributed by atoms with Crippen molar-refractivity contribution in [2.45, 2.75) is 64.0 Å². The number of likely N-dealkylation sites (tertiary alicyclic amines) is 1. The Morgan fingerprint density at radius 1 is 1.18 bits per heavy atom. The Labute approximate surface area is 190 Å². The van der Waals surface area contributed by atoms with E-state index < -0.39 is 0 Å². The van der Waals surface area contributed by atoms with Gasteiger partial charge in [0, 0.05) is 63.2 Å². The fourth-order valence-electron chi connectivity index (χ4n) is 4.11.